The lowest BCUT2D eigenvalue weighted by atomic mass is 10.3. The van der Waals surface area contributed by atoms with Crippen molar-refractivity contribution in [2.75, 3.05) is 0 Å². The van der Waals surface area contributed by atoms with Gasteiger partial charge in [-0.2, -0.15) is 0 Å². The van der Waals surface area contributed by atoms with E-state index >= 15 is 0 Å². The molecule has 2 N–H and O–H groups in total. The summed E-state index contributed by atoms with van der Waals surface area (Å²) in [6.45, 7) is 1.78. The van der Waals surface area contributed by atoms with Gasteiger partial charge in [0.05, 0.1) is 6.42 Å². The largest absolute Gasteiger partial charge is 0.481 e. The van der Waals surface area contributed by atoms with Crippen molar-refractivity contribution >= 4 is 18.4 Å². The summed E-state index contributed by atoms with van der Waals surface area (Å²) in [7, 11) is 0. The summed E-state index contributed by atoms with van der Waals surface area (Å²) in [5.41, 5.74) is 0.644. The normalized spacial score (nSPS) is 8.82. The molecule has 0 aliphatic rings. The van der Waals surface area contributed by atoms with Crippen LogP contribution < -0.4 is 0 Å². The second-order valence-electron chi connectivity index (χ2n) is 2.06. The quantitative estimate of drug-likeness (QED) is 0.700. The van der Waals surface area contributed by atoms with Gasteiger partial charge < -0.3 is 10.1 Å². The second kappa shape index (κ2) is 3.98. The Labute approximate surface area is 70.1 Å². The molecule has 0 aliphatic carbocycles. The molecule has 0 amide bonds. The van der Waals surface area contributed by atoms with Crippen LogP contribution in [0.1, 0.15) is 11.5 Å². The molecule has 0 unspecified atom stereocenters. The van der Waals surface area contributed by atoms with E-state index in [9.17, 15) is 4.79 Å². The van der Waals surface area contributed by atoms with Gasteiger partial charge in [-0.1, -0.05) is 0 Å². The minimum atomic E-state index is -0.844. The summed E-state index contributed by atoms with van der Waals surface area (Å²) in [5, 5.41) is 8.33. The molecule has 0 aliphatic heterocycles. The lowest BCUT2D eigenvalue weighted by molar-refractivity contribution is -0.136. The highest BCUT2D eigenvalue weighted by Crippen LogP contribution is 1.95. The lowest BCUT2D eigenvalue weighted by Crippen LogP contribution is -1.99. The summed E-state index contributed by atoms with van der Waals surface area (Å²) < 4.78 is 0. The van der Waals surface area contributed by atoms with Gasteiger partial charge in [0.15, 0.2) is 0 Å². The molecular formula is C6H9ClN2O2. The predicted molar refractivity (Wildman–Crippen MR) is 41.9 cm³/mol. The highest BCUT2D eigenvalue weighted by molar-refractivity contribution is 5.85. The zero-order valence-corrected chi connectivity index (χ0v) is 6.81. The molecule has 0 spiro atoms. The first-order valence-electron chi connectivity index (χ1n) is 2.91. The van der Waals surface area contributed by atoms with Gasteiger partial charge in [-0.05, 0) is 6.92 Å². The molecule has 0 radical (unpaired) electrons. The first-order valence-corrected chi connectivity index (χ1v) is 2.91. The number of hydrogen-bond acceptors (Lipinski definition) is 2. The maximum atomic E-state index is 10.1. The second-order valence-corrected chi connectivity index (χ2v) is 2.06. The van der Waals surface area contributed by atoms with E-state index in [2.05, 4.69) is 9.97 Å². The number of carboxylic acid groups (broad SMARTS) is 1. The predicted octanol–water partition coefficient (Wildman–Crippen LogP) is 0.767. The number of imidazole rings is 1. The van der Waals surface area contributed by atoms with Gasteiger partial charge in [0.2, 0.25) is 0 Å². The van der Waals surface area contributed by atoms with Crippen LogP contribution in [0.3, 0.4) is 0 Å². The molecule has 0 saturated carbocycles. The fourth-order valence-corrected chi connectivity index (χ4v) is 0.724. The zero-order valence-electron chi connectivity index (χ0n) is 6.00. The highest BCUT2D eigenvalue weighted by atomic mass is 35.5. The summed E-state index contributed by atoms with van der Waals surface area (Å²) in [6, 6.07) is 0. The lowest BCUT2D eigenvalue weighted by Gasteiger charge is -1.86. The van der Waals surface area contributed by atoms with Crippen molar-refractivity contribution < 1.29 is 9.90 Å². The van der Waals surface area contributed by atoms with Crippen LogP contribution in [-0.2, 0) is 11.2 Å². The average molecular weight is 177 g/mol. The van der Waals surface area contributed by atoms with Crippen LogP contribution in [0.2, 0.25) is 0 Å². The Hall–Kier alpha value is -1.03. The Kier molecular flexibility index (Phi) is 3.60. The average Bonchev–Trinajstić information content (AvgIpc) is 2.13. The van der Waals surface area contributed by atoms with E-state index in [1.165, 1.54) is 6.20 Å². The molecule has 1 aromatic rings. The molecule has 0 atom stereocenters. The fourth-order valence-electron chi connectivity index (χ4n) is 0.724. The number of nitrogens with one attached hydrogen (secondary N) is 1. The number of carbonyl (C=O) groups is 1. The molecule has 0 fully saturated rings. The summed E-state index contributed by atoms with van der Waals surface area (Å²) in [6.07, 6.45) is 1.55. The van der Waals surface area contributed by atoms with Crippen LogP contribution in [0.5, 0.6) is 0 Å². The third-order valence-electron chi connectivity index (χ3n) is 1.10. The van der Waals surface area contributed by atoms with Crippen molar-refractivity contribution in [1.82, 2.24) is 9.97 Å². The van der Waals surface area contributed by atoms with Gasteiger partial charge in [0.1, 0.15) is 5.82 Å². The van der Waals surface area contributed by atoms with E-state index in [1.807, 2.05) is 0 Å². The van der Waals surface area contributed by atoms with Gasteiger partial charge in [-0.25, -0.2) is 4.98 Å². The molecule has 1 heterocycles. The minimum Gasteiger partial charge on any atom is -0.481 e. The first-order chi connectivity index (χ1) is 4.68. The van der Waals surface area contributed by atoms with E-state index in [4.69, 9.17) is 5.11 Å². The minimum absolute atomic E-state index is 0. The van der Waals surface area contributed by atoms with Gasteiger partial charge in [0, 0.05) is 11.9 Å². The van der Waals surface area contributed by atoms with E-state index in [0.717, 1.165) is 5.82 Å². The van der Waals surface area contributed by atoms with Gasteiger partial charge in [0.25, 0.3) is 0 Å². The monoisotopic (exact) mass is 176 g/mol. The number of halogens is 1. The molecule has 11 heavy (non-hydrogen) atoms. The molecule has 5 heteroatoms. The summed E-state index contributed by atoms with van der Waals surface area (Å²) in [5.74, 6) is -0.0973. The third-order valence-corrected chi connectivity index (χ3v) is 1.10. The maximum Gasteiger partial charge on any atom is 0.309 e. The Morgan fingerprint density at radius 3 is 2.82 bits per heavy atom. The van der Waals surface area contributed by atoms with Crippen LogP contribution in [0.25, 0.3) is 0 Å². The van der Waals surface area contributed by atoms with Crippen LogP contribution in [0.15, 0.2) is 6.20 Å². The van der Waals surface area contributed by atoms with Crippen molar-refractivity contribution in [3.05, 3.63) is 17.7 Å². The summed E-state index contributed by atoms with van der Waals surface area (Å²) >= 11 is 0. The fraction of sp³-hybridized carbons (Fsp3) is 0.333. The molecule has 0 bridgehead atoms. The maximum absolute atomic E-state index is 10.1. The van der Waals surface area contributed by atoms with Crippen molar-refractivity contribution in [3.63, 3.8) is 0 Å². The molecular weight excluding hydrogens is 168 g/mol. The number of aliphatic carboxylic acids is 1. The van der Waals surface area contributed by atoms with Crippen LogP contribution in [-0.4, -0.2) is 21.0 Å². The Morgan fingerprint density at radius 2 is 2.45 bits per heavy atom. The van der Waals surface area contributed by atoms with Crippen molar-refractivity contribution in [1.29, 1.82) is 0 Å². The SMILES string of the molecule is Cc1ncc(CC(=O)O)[nH]1.Cl. The number of aromatic amines is 1. The smallest absolute Gasteiger partial charge is 0.309 e. The topological polar surface area (TPSA) is 66.0 Å². The Bertz CT molecular complexity index is 246. The third kappa shape index (κ3) is 3.04. The molecule has 0 saturated heterocycles. The number of hydrogen-bond donors (Lipinski definition) is 2. The first kappa shape index (κ1) is 9.97. The highest BCUT2D eigenvalue weighted by Gasteiger charge is 2.01. The van der Waals surface area contributed by atoms with E-state index in [-0.39, 0.29) is 18.8 Å². The van der Waals surface area contributed by atoms with Crippen molar-refractivity contribution in [2.24, 2.45) is 0 Å². The number of aromatic nitrogens is 2. The van der Waals surface area contributed by atoms with Crippen LogP contribution >= 0.6 is 12.4 Å². The van der Waals surface area contributed by atoms with Gasteiger partial charge >= 0.3 is 5.97 Å². The number of rotatable bonds is 2. The number of carboxylic acids is 1. The van der Waals surface area contributed by atoms with Gasteiger partial charge in [-0.15, -0.1) is 12.4 Å². The molecule has 62 valence electrons. The number of aryl methyl sites for hydroxylation is 1. The van der Waals surface area contributed by atoms with Crippen LogP contribution in [0, 0.1) is 6.92 Å². The van der Waals surface area contributed by atoms with Crippen molar-refractivity contribution in [3.8, 4) is 0 Å². The number of nitrogens with zero attached hydrogens (tertiary/aromatic N) is 1. The molecule has 4 nitrogen and oxygen atoms in total. The van der Waals surface area contributed by atoms with Crippen molar-refractivity contribution in [2.45, 2.75) is 13.3 Å². The van der Waals surface area contributed by atoms with E-state index in [1.54, 1.807) is 6.92 Å². The Morgan fingerprint density at radius 1 is 1.82 bits per heavy atom. The number of H-pyrrole nitrogens is 1. The summed E-state index contributed by atoms with van der Waals surface area (Å²) in [4.78, 5) is 16.8. The molecule has 1 rings (SSSR count). The zero-order chi connectivity index (χ0) is 7.56. The Balaban J connectivity index is 0.000001000. The molecule has 0 aromatic carbocycles. The standard InChI is InChI=1S/C6H8N2O2.ClH/c1-4-7-3-5(8-4)2-6(9)10;/h3H,2H2,1H3,(H,7,8)(H,9,10);1H. The molecule has 1 aromatic heterocycles. The van der Waals surface area contributed by atoms with Crippen LogP contribution in [0.4, 0.5) is 0 Å². The van der Waals surface area contributed by atoms with Gasteiger partial charge in [-0.3, -0.25) is 4.79 Å². The van der Waals surface area contributed by atoms with E-state index in [0.29, 0.717) is 5.69 Å². The van der Waals surface area contributed by atoms with E-state index < -0.39 is 5.97 Å².